The molecule has 0 aliphatic rings. The molecule has 1 atom stereocenters. The van der Waals surface area contributed by atoms with Crippen LogP contribution in [0.25, 0.3) is 0 Å². The van der Waals surface area contributed by atoms with Gasteiger partial charge < -0.3 is 10.0 Å². The predicted molar refractivity (Wildman–Crippen MR) is 80.3 cm³/mol. The number of halogens is 1. The van der Waals surface area contributed by atoms with Crippen LogP contribution in [0, 0.1) is 17.1 Å². The van der Waals surface area contributed by atoms with Crippen molar-refractivity contribution in [1.82, 2.24) is 0 Å². The summed E-state index contributed by atoms with van der Waals surface area (Å²) in [4.78, 5) is 1.90. The summed E-state index contributed by atoms with van der Waals surface area (Å²) in [6.45, 7) is 2.17. The first kappa shape index (κ1) is 15.0. The summed E-state index contributed by atoms with van der Waals surface area (Å²) in [5, 5.41) is 18.9. The topological polar surface area (TPSA) is 47.3 Å². The zero-order valence-corrected chi connectivity index (χ0v) is 12.0. The molecule has 2 aromatic carbocycles. The molecule has 0 aromatic heterocycles. The van der Waals surface area contributed by atoms with Crippen molar-refractivity contribution in [3.8, 4) is 6.07 Å². The van der Waals surface area contributed by atoms with Crippen molar-refractivity contribution >= 4 is 5.69 Å². The number of nitriles is 1. The first-order valence-corrected chi connectivity index (χ1v) is 6.69. The molecular formula is C17H17FN2O. The Bertz CT molecular complexity index is 677. The van der Waals surface area contributed by atoms with Crippen LogP contribution >= 0.6 is 0 Å². The summed E-state index contributed by atoms with van der Waals surface area (Å²) < 4.78 is 13.2. The van der Waals surface area contributed by atoms with Gasteiger partial charge in [-0.15, -0.1) is 0 Å². The highest BCUT2D eigenvalue weighted by Gasteiger charge is 2.13. The number of benzene rings is 2. The fourth-order valence-electron chi connectivity index (χ4n) is 2.29. The third kappa shape index (κ3) is 3.59. The predicted octanol–water partition coefficient (Wildman–Crippen LogP) is 3.39. The summed E-state index contributed by atoms with van der Waals surface area (Å²) in [6, 6.07) is 13.7. The van der Waals surface area contributed by atoms with E-state index in [1.807, 2.05) is 18.0 Å². The standard InChI is InChI=1S/C17H17FN2O/c1-12(21)16-7-6-13(10-19)9-17(16)20(2)11-14-4-3-5-15(18)8-14/h3-9,12,21H,11H2,1-2H3/t12-/m0/s1. The number of aliphatic hydroxyl groups excluding tert-OH is 1. The van der Waals surface area contributed by atoms with Gasteiger partial charge >= 0.3 is 0 Å². The van der Waals surface area contributed by atoms with Gasteiger partial charge in [-0.25, -0.2) is 4.39 Å². The maximum atomic E-state index is 13.2. The van der Waals surface area contributed by atoms with Crippen LogP contribution in [0.4, 0.5) is 10.1 Å². The van der Waals surface area contributed by atoms with E-state index in [-0.39, 0.29) is 5.82 Å². The van der Waals surface area contributed by atoms with Crippen LogP contribution in [0.2, 0.25) is 0 Å². The van der Waals surface area contributed by atoms with Crippen molar-refractivity contribution in [3.63, 3.8) is 0 Å². The maximum Gasteiger partial charge on any atom is 0.123 e. The van der Waals surface area contributed by atoms with Crippen LogP contribution in [0.1, 0.15) is 29.7 Å². The molecule has 4 heteroatoms. The Hall–Kier alpha value is -2.38. The van der Waals surface area contributed by atoms with Gasteiger partial charge in [0.25, 0.3) is 0 Å². The molecule has 0 bridgehead atoms. The van der Waals surface area contributed by atoms with Gasteiger partial charge in [0.05, 0.1) is 17.7 Å². The summed E-state index contributed by atoms with van der Waals surface area (Å²) >= 11 is 0. The second-order valence-corrected chi connectivity index (χ2v) is 5.05. The number of aliphatic hydroxyl groups is 1. The fourth-order valence-corrected chi connectivity index (χ4v) is 2.29. The molecular weight excluding hydrogens is 267 g/mol. The second-order valence-electron chi connectivity index (χ2n) is 5.05. The second kappa shape index (κ2) is 6.38. The molecule has 21 heavy (non-hydrogen) atoms. The van der Waals surface area contributed by atoms with Gasteiger partial charge in [-0.2, -0.15) is 5.26 Å². The van der Waals surface area contributed by atoms with Gasteiger partial charge in [-0.3, -0.25) is 0 Å². The lowest BCUT2D eigenvalue weighted by atomic mass is 10.0. The van der Waals surface area contributed by atoms with E-state index in [1.54, 1.807) is 31.2 Å². The van der Waals surface area contributed by atoms with Crippen LogP contribution in [-0.2, 0) is 6.54 Å². The Kier molecular flexibility index (Phi) is 4.56. The normalized spacial score (nSPS) is 11.8. The van der Waals surface area contributed by atoms with Gasteiger partial charge in [-0.05, 0) is 36.8 Å². The first-order valence-electron chi connectivity index (χ1n) is 6.69. The van der Waals surface area contributed by atoms with Gasteiger partial charge in [-0.1, -0.05) is 18.2 Å². The molecule has 0 unspecified atom stereocenters. The minimum Gasteiger partial charge on any atom is -0.389 e. The van der Waals surface area contributed by atoms with E-state index < -0.39 is 6.10 Å². The molecule has 0 aliphatic heterocycles. The van der Waals surface area contributed by atoms with Crippen LogP contribution in [0.5, 0.6) is 0 Å². The largest absolute Gasteiger partial charge is 0.389 e. The Balaban J connectivity index is 2.33. The summed E-state index contributed by atoms with van der Waals surface area (Å²) in [5.41, 5.74) is 2.87. The highest BCUT2D eigenvalue weighted by Crippen LogP contribution is 2.28. The first-order chi connectivity index (χ1) is 10.0. The third-order valence-corrected chi connectivity index (χ3v) is 3.33. The van der Waals surface area contributed by atoms with Crippen LogP contribution in [0.3, 0.4) is 0 Å². The number of hydrogen-bond acceptors (Lipinski definition) is 3. The van der Waals surface area contributed by atoms with Gasteiger partial charge in [0, 0.05) is 24.8 Å². The van der Waals surface area contributed by atoms with Gasteiger partial charge in [0.1, 0.15) is 5.82 Å². The lowest BCUT2D eigenvalue weighted by Crippen LogP contribution is -2.19. The molecule has 0 amide bonds. The average Bonchev–Trinajstić information content (AvgIpc) is 2.46. The Labute approximate surface area is 123 Å². The fraction of sp³-hybridized carbons (Fsp3) is 0.235. The molecule has 3 nitrogen and oxygen atoms in total. The minimum atomic E-state index is -0.636. The van der Waals surface area contributed by atoms with E-state index >= 15 is 0 Å². The molecule has 2 aromatic rings. The highest BCUT2D eigenvalue weighted by molar-refractivity contribution is 5.58. The molecule has 0 saturated heterocycles. The smallest absolute Gasteiger partial charge is 0.123 e. The number of anilines is 1. The third-order valence-electron chi connectivity index (χ3n) is 3.33. The molecule has 1 N–H and O–H groups in total. The van der Waals surface area contributed by atoms with E-state index in [2.05, 4.69) is 6.07 Å². The van der Waals surface area contributed by atoms with Crippen LogP contribution < -0.4 is 4.90 Å². The van der Waals surface area contributed by atoms with E-state index in [0.717, 1.165) is 16.8 Å². The number of rotatable bonds is 4. The lowest BCUT2D eigenvalue weighted by Gasteiger charge is -2.24. The van der Waals surface area contributed by atoms with E-state index in [9.17, 15) is 9.50 Å². The van der Waals surface area contributed by atoms with E-state index in [4.69, 9.17) is 5.26 Å². The van der Waals surface area contributed by atoms with E-state index in [0.29, 0.717) is 12.1 Å². The Morgan fingerprint density at radius 1 is 1.29 bits per heavy atom. The maximum absolute atomic E-state index is 13.2. The molecule has 0 spiro atoms. The summed E-state index contributed by atoms with van der Waals surface area (Å²) in [5.74, 6) is -0.276. The van der Waals surface area contributed by atoms with Crippen LogP contribution in [0.15, 0.2) is 42.5 Å². The highest BCUT2D eigenvalue weighted by atomic mass is 19.1. The van der Waals surface area contributed by atoms with Crippen molar-refractivity contribution in [2.75, 3.05) is 11.9 Å². The van der Waals surface area contributed by atoms with E-state index in [1.165, 1.54) is 12.1 Å². The zero-order chi connectivity index (χ0) is 15.4. The average molecular weight is 284 g/mol. The monoisotopic (exact) mass is 284 g/mol. The molecule has 2 rings (SSSR count). The SMILES string of the molecule is C[C@H](O)c1ccc(C#N)cc1N(C)Cc1cccc(F)c1. The minimum absolute atomic E-state index is 0.276. The molecule has 0 radical (unpaired) electrons. The van der Waals surface area contributed by atoms with Crippen molar-refractivity contribution in [2.24, 2.45) is 0 Å². The van der Waals surface area contributed by atoms with Crippen LogP contribution in [-0.4, -0.2) is 12.2 Å². The molecule has 0 saturated carbocycles. The van der Waals surface area contributed by atoms with Gasteiger partial charge in [0.2, 0.25) is 0 Å². The summed E-state index contributed by atoms with van der Waals surface area (Å²) in [7, 11) is 1.85. The molecule has 0 aliphatic carbocycles. The lowest BCUT2D eigenvalue weighted by molar-refractivity contribution is 0.199. The van der Waals surface area contributed by atoms with Crippen molar-refractivity contribution < 1.29 is 9.50 Å². The van der Waals surface area contributed by atoms with Crippen molar-refractivity contribution in [3.05, 3.63) is 65.0 Å². The van der Waals surface area contributed by atoms with Gasteiger partial charge in [0.15, 0.2) is 0 Å². The van der Waals surface area contributed by atoms with Crippen molar-refractivity contribution in [1.29, 1.82) is 5.26 Å². The molecule has 0 heterocycles. The molecule has 108 valence electrons. The Morgan fingerprint density at radius 3 is 2.67 bits per heavy atom. The van der Waals surface area contributed by atoms with Crippen molar-refractivity contribution in [2.45, 2.75) is 19.6 Å². The number of nitrogens with zero attached hydrogens (tertiary/aromatic N) is 2. The molecule has 0 fully saturated rings. The summed E-state index contributed by atoms with van der Waals surface area (Å²) in [6.07, 6.45) is -0.636. The Morgan fingerprint density at radius 2 is 2.05 bits per heavy atom. The zero-order valence-electron chi connectivity index (χ0n) is 12.0. The quantitative estimate of drug-likeness (QED) is 0.936. The number of hydrogen-bond donors (Lipinski definition) is 1.